The number of hydrogen-bond acceptors (Lipinski definition) is 3. The van der Waals surface area contributed by atoms with Crippen molar-refractivity contribution in [2.45, 2.75) is 24.7 Å². The van der Waals surface area contributed by atoms with Crippen LogP contribution in [0.1, 0.15) is 24.8 Å². The number of rotatable bonds is 3. The van der Waals surface area contributed by atoms with E-state index in [4.69, 9.17) is 0 Å². The number of pyridine rings is 1. The topological polar surface area (TPSA) is 36.4 Å². The van der Waals surface area contributed by atoms with E-state index in [-0.39, 0.29) is 11.7 Å². The molecule has 1 saturated carbocycles. The molecule has 2 fully saturated rings. The van der Waals surface area contributed by atoms with E-state index in [1.54, 1.807) is 24.5 Å². The van der Waals surface area contributed by atoms with E-state index in [9.17, 15) is 9.18 Å². The predicted molar refractivity (Wildman–Crippen MR) is 95.0 cm³/mol. The molecule has 0 N–H and O–H groups in total. The van der Waals surface area contributed by atoms with Crippen LogP contribution >= 0.6 is 0 Å². The number of aromatic nitrogens is 1. The van der Waals surface area contributed by atoms with Crippen LogP contribution in [0, 0.1) is 5.82 Å². The van der Waals surface area contributed by atoms with Crippen LogP contribution in [-0.2, 0) is 10.2 Å². The van der Waals surface area contributed by atoms with Crippen LogP contribution in [0.2, 0.25) is 0 Å². The zero-order valence-electron chi connectivity index (χ0n) is 14.2. The molecule has 0 bridgehead atoms. The highest BCUT2D eigenvalue weighted by Gasteiger charge is 2.47. The monoisotopic (exact) mass is 339 g/mol. The Morgan fingerprint density at radius 2 is 1.60 bits per heavy atom. The second kappa shape index (κ2) is 6.47. The van der Waals surface area contributed by atoms with Crippen LogP contribution in [-0.4, -0.2) is 42.0 Å². The molecule has 2 heterocycles. The van der Waals surface area contributed by atoms with Gasteiger partial charge in [0.05, 0.1) is 5.41 Å². The van der Waals surface area contributed by atoms with Gasteiger partial charge in [-0.2, -0.15) is 0 Å². The molecule has 1 amide bonds. The van der Waals surface area contributed by atoms with Gasteiger partial charge in [0, 0.05) is 44.3 Å². The smallest absolute Gasteiger partial charge is 0.233 e. The molecular formula is C20H22FN3O. The molecule has 0 spiro atoms. The van der Waals surface area contributed by atoms with E-state index in [1.165, 1.54) is 12.1 Å². The number of benzene rings is 1. The van der Waals surface area contributed by atoms with Crippen LogP contribution in [0.4, 0.5) is 10.1 Å². The minimum atomic E-state index is -0.438. The fourth-order valence-corrected chi connectivity index (χ4v) is 3.95. The third kappa shape index (κ3) is 2.88. The van der Waals surface area contributed by atoms with Crippen LogP contribution in [0.5, 0.6) is 0 Å². The van der Waals surface area contributed by atoms with Gasteiger partial charge < -0.3 is 9.80 Å². The summed E-state index contributed by atoms with van der Waals surface area (Å²) in [6, 6.07) is 10.5. The average molecular weight is 339 g/mol. The van der Waals surface area contributed by atoms with Crippen molar-refractivity contribution in [2.24, 2.45) is 0 Å². The van der Waals surface area contributed by atoms with Gasteiger partial charge in [0.1, 0.15) is 5.82 Å². The van der Waals surface area contributed by atoms with Crippen molar-refractivity contribution >= 4 is 11.6 Å². The first-order valence-electron chi connectivity index (χ1n) is 8.89. The van der Waals surface area contributed by atoms with Crippen molar-refractivity contribution in [2.75, 3.05) is 31.1 Å². The summed E-state index contributed by atoms with van der Waals surface area (Å²) in [6.07, 6.45) is 6.37. The van der Waals surface area contributed by atoms with Gasteiger partial charge in [-0.15, -0.1) is 0 Å². The standard InChI is InChI=1S/C20H22FN3O/c21-17-4-2-16(3-5-17)20(8-1-9-20)19(25)24-14-12-23(13-15-24)18-6-10-22-11-7-18/h2-7,10-11H,1,8-9,12-15H2. The normalized spacial score (nSPS) is 19.4. The maximum Gasteiger partial charge on any atom is 0.233 e. The first-order valence-corrected chi connectivity index (χ1v) is 8.89. The molecule has 1 saturated heterocycles. The van der Waals surface area contributed by atoms with Gasteiger partial charge in [0.25, 0.3) is 0 Å². The molecule has 1 aromatic heterocycles. The van der Waals surface area contributed by atoms with E-state index < -0.39 is 5.41 Å². The van der Waals surface area contributed by atoms with E-state index in [0.717, 1.165) is 56.7 Å². The summed E-state index contributed by atoms with van der Waals surface area (Å²) in [5, 5.41) is 0. The van der Waals surface area contributed by atoms with Gasteiger partial charge in [-0.05, 0) is 42.7 Å². The summed E-state index contributed by atoms with van der Waals surface area (Å²) in [5.74, 6) is -0.0450. The van der Waals surface area contributed by atoms with Crippen molar-refractivity contribution in [1.29, 1.82) is 0 Å². The Labute approximate surface area is 147 Å². The number of hydrogen-bond donors (Lipinski definition) is 0. The highest BCUT2D eigenvalue weighted by molar-refractivity contribution is 5.89. The SMILES string of the molecule is O=C(N1CCN(c2ccncc2)CC1)C1(c2ccc(F)cc2)CCC1. The number of amides is 1. The second-order valence-electron chi connectivity index (χ2n) is 6.93. The first kappa shape index (κ1) is 16.1. The Hall–Kier alpha value is -2.43. The summed E-state index contributed by atoms with van der Waals surface area (Å²) in [6.45, 7) is 3.11. The fourth-order valence-electron chi connectivity index (χ4n) is 3.95. The molecule has 2 aliphatic rings. The van der Waals surface area contributed by atoms with E-state index in [0.29, 0.717) is 0 Å². The number of halogens is 1. The Morgan fingerprint density at radius 3 is 2.16 bits per heavy atom. The molecule has 0 atom stereocenters. The Bertz CT molecular complexity index is 735. The van der Waals surface area contributed by atoms with Crippen LogP contribution in [0.15, 0.2) is 48.8 Å². The fraction of sp³-hybridized carbons (Fsp3) is 0.400. The highest BCUT2D eigenvalue weighted by Crippen LogP contribution is 2.45. The van der Waals surface area contributed by atoms with Gasteiger partial charge in [0.2, 0.25) is 5.91 Å². The van der Waals surface area contributed by atoms with Crippen LogP contribution in [0.25, 0.3) is 0 Å². The summed E-state index contributed by atoms with van der Waals surface area (Å²) in [5.41, 5.74) is 1.67. The van der Waals surface area contributed by atoms with Gasteiger partial charge >= 0.3 is 0 Å². The number of anilines is 1. The van der Waals surface area contributed by atoms with Crippen molar-refractivity contribution < 1.29 is 9.18 Å². The maximum absolute atomic E-state index is 13.3. The number of nitrogens with zero attached hydrogens (tertiary/aromatic N) is 3. The molecule has 5 heteroatoms. The van der Waals surface area contributed by atoms with E-state index in [2.05, 4.69) is 9.88 Å². The number of piperazine rings is 1. The lowest BCUT2D eigenvalue weighted by molar-refractivity contribution is -0.141. The highest BCUT2D eigenvalue weighted by atomic mass is 19.1. The molecule has 4 rings (SSSR count). The predicted octanol–water partition coefficient (Wildman–Crippen LogP) is 2.99. The average Bonchev–Trinajstić information content (AvgIpc) is 2.63. The lowest BCUT2D eigenvalue weighted by atomic mass is 9.63. The minimum Gasteiger partial charge on any atom is -0.368 e. The van der Waals surface area contributed by atoms with E-state index in [1.807, 2.05) is 17.0 Å². The minimum absolute atomic E-state index is 0.208. The van der Waals surface area contributed by atoms with Crippen molar-refractivity contribution in [3.63, 3.8) is 0 Å². The van der Waals surface area contributed by atoms with Gasteiger partial charge in [0.15, 0.2) is 0 Å². The molecule has 130 valence electrons. The number of carbonyl (C=O) groups is 1. The lowest BCUT2D eigenvalue weighted by Crippen LogP contribution is -2.56. The number of carbonyl (C=O) groups excluding carboxylic acids is 1. The Kier molecular flexibility index (Phi) is 4.15. The molecule has 25 heavy (non-hydrogen) atoms. The third-order valence-electron chi connectivity index (χ3n) is 5.61. The third-order valence-corrected chi connectivity index (χ3v) is 5.61. The van der Waals surface area contributed by atoms with Gasteiger partial charge in [-0.1, -0.05) is 18.6 Å². The Balaban J connectivity index is 1.47. The summed E-state index contributed by atoms with van der Waals surface area (Å²) >= 11 is 0. The maximum atomic E-state index is 13.3. The second-order valence-corrected chi connectivity index (χ2v) is 6.93. The molecule has 2 aromatic rings. The first-order chi connectivity index (χ1) is 12.2. The zero-order chi connectivity index (χ0) is 17.3. The van der Waals surface area contributed by atoms with Gasteiger partial charge in [-0.25, -0.2) is 4.39 Å². The summed E-state index contributed by atoms with van der Waals surface area (Å²) in [4.78, 5) is 21.6. The molecular weight excluding hydrogens is 317 g/mol. The summed E-state index contributed by atoms with van der Waals surface area (Å²) in [7, 11) is 0. The molecule has 1 aromatic carbocycles. The summed E-state index contributed by atoms with van der Waals surface area (Å²) < 4.78 is 13.3. The molecule has 1 aliphatic heterocycles. The zero-order valence-corrected chi connectivity index (χ0v) is 14.2. The van der Waals surface area contributed by atoms with Crippen molar-refractivity contribution in [1.82, 2.24) is 9.88 Å². The van der Waals surface area contributed by atoms with Crippen molar-refractivity contribution in [3.8, 4) is 0 Å². The molecule has 1 aliphatic carbocycles. The van der Waals surface area contributed by atoms with Crippen molar-refractivity contribution in [3.05, 3.63) is 60.2 Å². The lowest BCUT2D eigenvalue weighted by Gasteiger charge is -2.46. The molecule has 0 radical (unpaired) electrons. The molecule has 0 unspecified atom stereocenters. The Morgan fingerprint density at radius 1 is 0.960 bits per heavy atom. The largest absolute Gasteiger partial charge is 0.368 e. The van der Waals surface area contributed by atoms with Crippen LogP contribution < -0.4 is 4.90 Å². The molecule has 4 nitrogen and oxygen atoms in total. The van der Waals surface area contributed by atoms with E-state index >= 15 is 0 Å². The van der Waals surface area contributed by atoms with Crippen LogP contribution in [0.3, 0.4) is 0 Å². The quantitative estimate of drug-likeness (QED) is 0.863. The van der Waals surface area contributed by atoms with Gasteiger partial charge in [-0.3, -0.25) is 9.78 Å².